The van der Waals surface area contributed by atoms with E-state index in [1.165, 1.54) is 12.1 Å². The molecule has 0 saturated carbocycles. The van der Waals surface area contributed by atoms with Gasteiger partial charge in [0.1, 0.15) is 5.82 Å². The van der Waals surface area contributed by atoms with Gasteiger partial charge in [-0.25, -0.2) is 4.39 Å². The average molecular weight is 292 g/mol. The Morgan fingerprint density at radius 2 is 2.10 bits per heavy atom. The van der Waals surface area contributed by atoms with Gasteiger partial charge in [0.15, 0.2) is 0 Å². The van der Waals surface area contributed by atoms with Crippen LogP contribution in [0.2, 0.25) is 0 Å². The first kappa shape index (κ1) is 14.5. The quantitative estimate of drug-likeness (QED) is 0.787. The van der Waals surface area contributed by atoms with E-state index < -0.39 is 0 Å². The number of carbonyl (C=O) groups excluding carboxylic acids is 1. The second-order valence-corrected chi connectivity index (χ2v) is 6.17. The smallest absolute Gasteiger partial charge is 0.254 e. The number of amides is 1. The van der Waals surface area contributed by atoms with Crippen LogP contribution in [0.25, 0.3) is 0 Å². The number of fused-ring (bicyclic) bond motifs is 3. The molecule has 2 aliphatic rings. The monoisotopic (exact) mass is 292 g/mol. The summed E-state index contributed by atoms with van der Waals surface area (Å²) < 4.78 is 18.9. The molecule has 2 bridgehead atoms. The van der Waals surface area contributed by atoms with Crippen molar-refractivity contribution >= 4 is 5.91 Å². The lowest BCUT2D eigenvalue weighted by molar-refractivity contribution is 0.0433. The molecule has 0 unspecified atom stereocenters. The average Bonchev–Trinajstić information content (AvgIpc) is 2.66. The summed E-state index contributed by atoms with van der Waals surface area (Å²) >= 11 is 0. The molecule has 2 fully saturated rings. The highest BCUT2D eigenvalue weighted by Gasteiger charge is 2.33. The molecule has 2 heterocycles. The van der Waals surface area contributed by atoms with Gasteiger partial charge < -0.3 is 9.64 Å². The number of likely N-dealkylation sites (N-methyl/N-ethyl adjacent to an activating group) is 1. The van der Waals surface area contributed by atoms with Crippen molar-refractivity contribution in [1.82, 2.24) is 9.80 Å². The van der Waals surface area contributed by atoms with Crippen LogP contribution in [0.5, 0.6) is 0 Å². The maximum atomic E-state index is 13.2. The number of rotatable bonds is 1. The number of hydrogen-bond donors (Lipinski definition) is 0. The van der Waals surface area contributed by atoms with Crippen molar-refractivity contribution in [2.45, 2.75) is 13.0 Å². The van der Waals surface area contributed by atoms with Gasteiger partial charge in [0, 0.05) is 31.1 Å². The molecule has 0 aliphatic carbocycles. The van der Waals surface area contributed by atoms with Crippen LogP contribution in [-0.4, -0.2) is 61.6 Å². The van der Waals surface area contributed by atoms with E-state index in [1.54, 1.807) is 13.0 Å². The fourth-order valence-corrected chi connectivity index (χ4v) is 3.25. The Balaban J connectivity index is 1.84. The Bertz CT molecular complexity index is 549. The molecule has 0 N–H and O–H groups in total. The topological polar surface area (TPSA) is 32.8 Å². The van der Waals surface area contributed by atoms with Gasteiger partial charge in [0.2, 0.25) is 0 Å². The van der Waals surface area contributed by atoms with E-state index in [0.717, 1.165) is 6.54 Å². The summed E-state index contributed by atoms with van der Waals surface area (Å²) in [5, 5.41) is 0. The molecule has 0 spiro atoms. The summed E-state index contributed by atoms with van der Waals surface area (Å²) in [7, 11) is 2.09. The van der Waals surface area contributed by atoms with Gasteiger partial charge in [0.25, 0.3) is 5.91 Å². The van der Waals surface area contributed by atoms with E-state index in [1.807, 2.05) is 4.90 Å². The zero-order valence-electron chi connectivity index (χ0n) is 12.5. The Hall–Kier alpha value is -1.46. The summed E-state index contributed by atoms with van der Waals surface area (Å²) in [4.78, 5) is 17.0. The molecule has 2 saturated heterocycles. The van der Waals surface area contributed by atoms with Crippen molar-refractivity contribution in [3.63, 3.8) is 0 Å². The van der Waals surface area contributed by atoms with E-state index in [2.05, 4.69) is 11.9 Å². The van der Waals surface area contributed by atoms with E-state index in [4.69, 9.17) is 4.74 Å². The first-order chi connectivity index (χ1) is 10.0. The molecule has 1 amide bonds. The summed E-state index contributed by atoms with van der Waals surface area (Å²) in [5.74, 6) is 0.0387. The van der Waals surface area contributed by atoms with Crippen molar-refractivity contribution in [1.29, 1.82) is 0 Å². The third kappa shape index (κ3) is 2.94. The highest BCUT2D eigenvalue weighted by molar-refractivity contribution is 5.95. The van der Waals surface area contributed by atoms with Gasteiger partial charge >= 0.3 is 0 Å². The lowest BCUT2D eigenvalue weighted by Crippen LogP contribution is -2.44. The minimum atomic E-state index is -0.301. The lowest BCUT2D eigenvalue weighted by atomic mass is 10.1. The molecule has 2 aliphatic heterocycles. The predicted octanol–water partition coefficient (Wildman–Crippen LogP) is 1.54. The minimum absolute atomic E-state index is 0.000278. The van der Waals surface area contributed by atoms with Gasteiger partial charge in [-0.3, -0.25) is 9.69 Å². The molecule has 0 radical (unpaired) electrons. The molecule has 21 heavy (non-hydrogen) atoms. The van der Waals surface area contributed by atoms with Gasteiger partial charge in [-0.05, 0) is 37.7 Å². The maximum Gasteiger partial charge on any atom is 0.254 e. The third-order valence-corrected chi connectivity index (χ3v) is 4.45. The summed E-state index contributed by atoms with van der Waals surface area (Å²) in [5.41, 5.74) is 1.29. The van der Waals surface area contributed by atoms with Crippen LogP contribution >= 0.6 is 0 Å². The van der Waals surface area contributed by atoms with Gasteiger partial charge in [0.05, 0.1) is 19.3 Å². The van der Waals surface area contributed by atoms with Crippen LogP contribution in [0.4, 0.5) is 4.39 Å². The highest BCUT2D eigenvalue weighted by Crippen LogP contribution is 2.21. The molecule has 1 aromatic carbocycles. The number of carbonyl (C=O) groups is 1. The largest absolute Gasteiger partial charge is 0.379 e. The van der Waals surface area contributed by atoms with Crippen LogP contribution in [0.1, 0.15) is 15.9 Å². The Kier molecular flexibility index (Phi) is 3.95. The molecular formula is C16H21FN2O2. The third-order valence-electron chi connectivity index (χ3n) is 4.45. The van der Waals surface area contributed by atoms with E-state index >= 15 is 0 Å². The maximum absolute atomic E-state index is 13.2. The van der Waals surface area contributed by atoms with E-state index in [9.17, 15) is 9.18 Å². The first-order valence-corrected chi connectivity index (χ1v) is 7.38. The molecule has 4 nitrogen and oxygen atoms in total. The van der Waals surface area contributed by atoms with Crippen LogP contribution in [0, 0.1) is 18.7 Å². The number of hydrogen-bond acceptors (Lipinski definition) is 3. The molecular weight excluding hydrogens is 271 g/mol. The van der Waals surface area contributed by atoms with Gasteiger partial charge in [-0.1, -0.05) is 0 Å². The number of ether oxygens (including phenoxy) is 1. The number of nitrogens with zero attached hydrogens (tertiary/aromatic N) is 2. The Morgan fingerprint density at radius 1 is 1.29 bits per heavy atom. The van der Waals surface area contributed by atoms with Gasteiger partial charge in [-0.15, -0.1) is 0 Å². The van der Waals surface area contributed by atoms with Gasteiger partial charge in [-0.2, -0.15) is 0 Å². The van der Waals surface area contributed by atoms with Crippen molar-refractivity contribution in [2.24, 2.45) is 5.92 Å². The summed E-state index contributed by atoms with van der Waals surface area (Å²) in [6.07, 6.45) is 0. The molecule has 1 aromatic rings. The second kappa shape index (κ2) is 5.73. The minimum Gasteiger partial charge on any atom is -0.379 e. The van der Waals surface area contributed by atoms with E-state index in [-0.39, 0.29) is 17.8 Å². The van der Waals surface area contributed by atoms with Crippen LogP contribution in [-0.2, 0) is 4.74 Å². The fourth-order valence-electron chi connectivity index (χ4n) is 3.25. The summed E-state index contributed by atoms with van der Waals surface area (Å²) in [6.45, 7) is 5.48. The Labute approximate surface area is 124 Å². The number of aryl methyl sites for hydroxylation is 1. The van der Waals surface area contributed by atoms with Crippen LogP contribution < -0.4 is 0 Å². The zero-order valence-corrected chi connectivity index (χ0v) is 12.5. The lowest BCUT2D eigenvalue weighted by Gasteiger charge is -2.30. The van der Waals surface area contributed by atoms with Crippen LogP contribution in [0.15, 0.2) is 18.2 Å². The van der Waals surface area contributed by atoms with E-state index in [0.29, 0.717) is 43.3 Å². The highest BCUT2D eigenvalue weighted by atomic mass is 19.1. The molecule has 5 heteroatoms. The van der Waals surface area contributed by atoms with Crippen LogP contribution in [0.3, 0.4) is 0 Å². The first-order valence-electron chi connectivity index (χ1n) is 7.38. The molecule has 114 valence electrons. The van der Waals surface area contributed by atoms with Crippen molar-refractivity contribution < 1.29 is 13.9 Å². The molecule has 2 atom stereocenters. The van der Waals surface area contributed by atoms with Crippen molar-refractivity contribution in [3.8, 4) is 0 Å². The SMILES string of the molecule is Cc1cc(F)ccc1C(=O)N1C[C@@H]2COC[C@H](C1)N(C)C2. The standard InChI is InChI=1S/C16H21FN2O2/c1-11-5-13(17)3-4-15(11)16(20)19-7-12-6-18(2)14(8-19)10-21-9-12/h3-5,12,14H,6-10H2,1-2H3/t12-,14+/m1/s1. The second-order valence-electron chi connectivity index (χ2n) is 6.17. The normalized spacial score (nSPS) is 26.5. The van der Waals surface area contributed by atoms with Crippen molar-refractivity contribution in [3.05, 3.63) is 35.1 Å². The number of benzene rings is 1. The predicted molar refractivity (Wildman–Crippen MR) is 77.8 cm³/mol. The molecule has 3 rings (SSSR count). The van der Waals surface area contributed by atoms with Crippen molar-refractivity contribution in [2.75, 3.05) is 39.9 Å². The number of halogens is 1. The fraction of sp³-hybridized carbons (Fsp3) is 0.562. The Morgan fingerprint density at radius 3 is 2.86 bits per heavy atom. The summed E-state index contributed by atoms with van der Waals surface area (Å²) in [6, 6.07) is 4.60. The zero-order chi connectivity index (χ0) is 15.0. The molecule has 0 aromatic heterocycles.